The van der Waals surface area contributed by atoms with Crippen LogP contribution in [0.25, 0.3) is 37.7 Å². The Balaban J connectivity index is 1.60. The largest absolute Gasteiger partial charge is 0.294 e. The molecular weight excluding hydrogens is 460 g/mol. The number of Topliss-reactive ketones (excluding diaryl/α,β-unsaturated/α-hetero) is 1. The van der Waals surface area contributed by atoms with Crippen molar-refractivity contribution in [2.24, 2.45) is 0 Å². The van der Waals surface area contributed by atoms with Gasteiger partial charge in [-0.1, -0.05) is 42.5 Å². The average molecular weight is 477 g/mol. The number of benzene rings is 2. The third-order valence-corrected chi connectivity index (χ3v) is 7.71. The second-order valence-electron chi connectivity index (χ2n) is 7.83. The molecule has 0 bridgehead atoms. The number of hydrogen-bond donors (Lipinski definition) is 0. The molecule has 162 valence electrons. The predicted molar refractivity (Wildman–Crippen MR) is 137 cm³/mol. The van der Waals surface area contributed by atoms with Crippen LogP contribution in [0, 0.1) is 11.3 Å². The quantitative estimate of drug-likeness (QED) is 0.212. The molecule has 3 aromatic heterocycles. The summed E-state index contributed by atoms with van der Waals surface area (Å²) in [6.45, 7) is 1.76. The van der Waals surface area contributed by atoms with E-state index in [0.29, 0.717) is 22.3 Å². The van der Waals surface area contributed by atoms with Gasteiger partial charge in [0.25, 0.3) is 0 Å². The van der Waals surface area contributed by atoms with Crippen molar-refractivity contribution in [3.05, 3.63) is 100 Å². The molecule has 34 heavy (non-hydrogen) atoms. The summed E-state index contributed by atoms with van der Waals surface area (Å²) in [5.74, 6) is -0.0687. The molecule has 7 heteroatoms. The minimum Gasteiger partial charge on any atom is -0.294 e. The lowest BCUT2D eigenvalue weighted by atomic mass is 9.99. The van der Waals surface area contributed by atoms with Gasteiger partial charge in [0.05, 0.1) is 10.8 Å². The molecule has 5 aromatic rings. The second kappa shape index (κ2) is 8.03. The molecule has 0 radical (unpaired) electrons. The number of allylic oxidation sites excluding steroid dienone is 3. The molecule has 0 saturated carbocycles. The van der Waals surface area contributed by atoms with Crippen LogP contribution in [-0.2, 0) is 0 Å². The normalized spacial score (nSPS) is 15.6. The highest BCUT2D eigenvalue weighted by atomic mass is 32.1. The third kappa shape index (κ3) is 3.16. The Morgan fingerprint density at radius 2 is 1.82 bits per heavy atom. The zero-order chi connectivity index (χ0) is 23.2. The van der Waals surface area contributed by atoms with Crippen molar-refractivity contribution < 1.29 is 4.79 Å². The lowest BCUT2D eigenvalue weighted by Gasteiger charge is -2.09. The van der Waals surface area contributed by atoms with Crippen molar-refractivity contribution in [1.82, 2.24) is 14.5 Å². The Labute approximate surface area is 203 Å². The first-order valence-corrected chi connectivity index (χ1v) is 12.3. The summed E-state index contributed by atoms with van der Waals surface area (Å²) >= 11 is 3.14. The maximum absolute atomic E-state index is 13.4. The Kier molecular flexibility index (Phi) is 4.84. The molecule has 0 atom stereocenters. The highest BCUT2D eigenvalue weighted by Gasteiger charge is 2.31. The SMILES string of the molecule is C/C(C#N)=C1/C(=C/c2cc3sc(-c4nccs4)nc3n2-c2ccccc2)C(=O)c2ccccc21. The molecule has 0 amide bonds. The van der Waals surface area contributed by atoms with E-state index in [0.717, 1.165) is 37.3 Å². The fourth-order valence-electron chi connectivity index (χ4n) is 4.32. The van der Waals surface area contributed by atoms with E-state index < -0.39 is 0 Å². The molecule has 0 spiro atoms. The maximum Gasteiger partial charge on any atom is 0.194 e. The summed E-state index contributed by atoms with van der Waals surface area (Å²) in [5.41, 5.74) is 5.79. The Morgan fingerprint density at radius 3 is 2.56 bits per heavy atom. The zero-order valence-electron chi connectivity index (χ0n) is 18.0. The molecule has 0 saturated heterocycles. The third-order valence-electron chi connectivity index (χ3n) is 5.80. The second-order valence-corrected chi connectivity index (χ2v) is 9.75. The Hall–Kier alpha value is -4.12. The van der Waals surface area contributed by atoms with Crippen molar-refractivity contribution in [2.75, 3.05) is 0 Å². The number of hydrogen-bond acceptors (Lipinski definition) is 6. The van der Waals surface area contributed by atoms with Gasteiger partial charge in [0.15, 0.2) is 21.4 Å². The number of carbonyl (C=O) groups is 1. The van der Waals surface area contributed by atoms with Crippen LogP contribution in [0.1, 0.15) is 28.5 Å². The van der Waals surface area contributed by atoms with Crippen LogP contribution in [0.2, 0.25) is 0 Å². The minimum atomic E-state index is -0.0687. The first kappa shape index (κ1) is 20.5. The van der Waals surface area contributed by atoms with Crippen molar-refractivity contribution in [2.45, 2.75) is 6.92 Å². The number of carbonyl (C=O) groups excluding carboxylic acids is 1. The van der Waals surface area contributed by atoms with E-state index in [9.17, 15) is 10.1 Å². The van der Waals surface area contributed by atoms with Gasteiger partial charge < -0.3 is 0 Å². The fraction of sp³-hybridized carbons (Fsp3) is 0.0370. The van der Waals surface area contributed by atoms with Gasteiger partial charge in [-0.05, 0) is 36.8 Å². The van der Waals surface area contributed by atoms with Gasteiger partial charge in [-0.25, -0.2) is 9.97 Å². The van der Waals surface area contributed by atoms with Crippen LogP contribution in [0.3, 0.4) is 0 Å². The summed E-state index contributed by atoms with van der Waals surface area (Å²) in [4.78, 5) is 22.7. The van der Waals surface area contributed by atoms with Gasteiger partial charge in [-0.3, -0.25) is 9.36 Å². The smallest absolute Gasteiger partial charge is 0.194 e. The molecule has 0 aliphatic heterocycles. The van der Waals surface area contributed by atoms with Gasteiger partial charge >= 0.3 is 0 Å². The summed E-state index contributed by atoms with van der Waals surface area (Å²) in [5, 5.41) is 13.4. The molecule has 0 unspecified atom stereocenters. The lowest BCUT2D eigenvalue weighted by molar-refractivity contribution is 0.104. The molecule has 2 aromatic carbocycles. The van der Waals surface area contributed by atoms with E-state index in [1.165, 1.54) is 0 Å². The highest BCUT2D eigenvalue weighted by Crippen LogP contribution is 2.41. The van der Waals surface area contributed by atoms with Crippen molar-refractivity contribution in [3.8, 4) is 21.8 Å². The van der Waals surface area contributed by atoms with E-state index in [2.05, 4.69) is 21.7 Å². The molecule has 0 N–H and O–H groups in total. The Bertz CT molecular complexity index is 1680. The number of para-hydroxylation sites is 1. The topological polar surface area (TPSA) is 71.6 Å². The molecule has 1 aliphatic rings. The van der Waals surface area contributed by atoms with Gasteiger partial charge in [0.1, 0.15) is 0 Å². The number of nitriles is 1. The summed E-state index contributed by atoms with van der Waals surface area (Å²) < 4.78 is 3.07. The van der Waals surface area contributed by atoms with Crippen LogP contribution in [0.4, 0.5) is 0 Å². The van der Waals surface area contributed by atoms with Gasteiger partial charge in [-0.15, -0.1) is 22.7 Å². The van der Waals surface area contributed by atoms with Crippen LogP contribution in [-0.4, -0.2) is 20.3 Å². The molecule has 1 aliphatic carbocycles. The fourth-order valence-corrected chi connectivity index (χ4v) is 6.00. The number of fused-ring (bicyclic) bond motifs is 2. The highest BCUT2D eigenvalue weighted by molar-refractivity contribution is 7.24. The molecule has 6 rings (SSSR count). The molecule has 3 heterocycles. The number of aromatic nitrogens is 3. The summed E-state index contributed by atoms with van der Waals surface area (Å²) in [7, 11) is 0. The standard InChI is InChI=1S/C27H16N4OS2/c1-16(15-28)23-19-9-5-6-10-20(19)24(32)21(23)13-18-14-22-25(31(18)17-7-3-2-4-8-17)30-27(34-22)26-29-11-12-33-26/h2-14H,1H3/b21-13-,23-16-. The zero-order valence-corrected chi connectivity index (χ0v) is 19.7. The van der Waals surface area contributed by atoms with E-state index in [1.807, 2.05) is 66.1 Å². The lowest BCUT2D eigenvalue weighted by Crippen LogP contribution is -2.00. The molecule has 5 nitrogen and oxygen atoms in total. The number of thiazole rings is 2. The monoisotopic (exact) mass is 476 g/mol. The van der Waals surface area contributed by atoms with Crippen LogP contribution >= 0.6 is 22.7 Å². The van der Waals surface area contributed by atoms with E-state index >= 15 is 0 Å². The number of rotatable bonds is 3. The predicted octanol–water partition coefficient (Wildman–Crippen LogP) is 6.79. The maximum atomic E-state index is 13.4. The van der Waals surface area contributed by atoms with Crippen molar-refractivity contribution in [1.29, 1.82) is 5.26 Å². The Morgan fingerprint density at radius 1 is 1.06 bits per heavy atom. The van der Waals surface area contributed by atoms with Crippen LogP contribution in [0.5, 0.6) is 0 Å². The first-order chi connectivity index (χ1) is 16.7. The molecule has 0 fully saturated rings. The van der Waals surface area contributed by atoms with Crippen molar-refractivity contribution >= 4 is 50.5 Å². The summed E-state index contributed by atoms with van der Waals surface area (Å²) in [6.07, 6.45) is 3.67. The van der Waals surface area contributed by atoms with E-state index in [1.54, 1.807) is 35.8 Å². The summed E-state index contributed by atoms with van der Waals surface area (Å²) in [6, 6.07) is 21.7. The number of ketones is 1. The van der Waals surface area contributed by atoms with Gasteiger partial charge in [0, 0.05) is 45.2 Å². The van der Waals surface area contributed by atoms with Gasteiger partial charge in [0.2, 0.25) is 0 Å². The van der Waals surface area contributed by atoms with E-state index in [4.69, 9.17) is 4.98 Å². The van der Waals surface area contributed by atoms with Gasteiger partial charge in [-0.2, -0.15) is 5.26 Å². The van der Waals surface area contributed by atoms with E-state index in [-0.39, 0.29) is 5.78 Å². The minimum absolute atomic E-state index is 0.0687. The average Bonchev–Trinajstić information content (AvgIpc) is 3.63. The molecular formula is C27H16N4OS2. The number of nitrogens with zero attached hydrogens (tertiary/aromatic N) is 4. The van der Waals surface area contributed by atoms with Crippen molar-refractivity contribution in [3.63, 3.8) is 0 Å². The van der Waals surface area contributed by atoms with Crippen LogP contribution < -0.4 is 0 Å². The first-order valence-electron chi connectivity index (χ1n) is 10.6. The van der Waals surface area contributed by atoms with Crippen LogP contribution in [0.15, 0.2) is 83.4 Å².